The van der Waals surface area contributed by atoms with E-state index in [2.05, 4.69) is 23.5 Å². The number of hydrogen-bond acceptors (Lipinski definition) is 2. The number of aryl methyl sites for hydroxylation is 2. The van der Waals surface area contributed by atoms with Gasteiger partial charge < -0.3 is 5.32 Å². The number of benzene rings is 1. The summed E-state index contributed by atoms with van der Waals surface area (Å²) in [6, 6.07) is 8.25. The van der Waals surface area contributed by atoms with Crippen molar-refractivity contribution in [3.05, 3.63) is 29.3 Å². The third kappa shape index (κ3) is 1.88. The average molecular weight is 240 g/mol. The Hall–Kier alpha value is -1.82. The van der Waals surface area contributed by atoms with Crippen molar-refractivity contribution in [2.45, 2.75) is 38.5 Å². The quantitative estimate of drug-likeness (QED) is 0.864. The van der Waals surface area contributed by atoms with Crippen molar-refractivity contribution < 1.29 is 4.79 Å². The number of fused-ring (bicyclic) bond motifs is 1. The molecule has 0 spiro atoms. The number of hydrogen-bond donors (Lipinski definition) is 1. The SMILES string of the molecule is N#CC1(C(=O)Nc2ccc3c(c2)CCCC3)CC1. The van der Waals surface area contributed by atoms with Crippen LogP contribution in [-0.2, 0) is 17.6 Å². The summed E-state index contributed by atoms with van der Waals surface area (Å²) >= 11 is 0. The number of anilines is 1. The molecule has 1 saturated carbocycles. The molecule has 0 bridgehead atoms. The van der Waals surface area contributed by atoms with E-state index in [1.807, 2.05) is 6.07 Å². The third-order valence-corrected chi connectivity index (χ3v) is 4.01. The minimum atomic E-state index is -0.740. The van der Waals surface area contributed by atoms with Gasteiger partial charge in [0.15, 0.2) is 0 Å². The molecule has 2 aliphatic carbocycles. The maximum absolute atomic E-state index is 12.0. The van der Waals surface area contributed by atoms with Crippen molar-refractivity contribution in [2.75, 3.05) is 5.32 Å². The van der Waals surface area contributed by atoms with Gasteiger partial charge >= 0.3 is 0 Å². The number of carbonyl (C=O) groups is 1. The largest absolute Gasteiger partial charge is 0.325 e. The summed E-state index contributed by atoms with van der Waals surface area (Å²) in [5, 5.41) is 11.9. The van der Waals surface area contributed by atoms with Gasteiger partial charge in [0.2, 0.25) is 5.91 Å². The first-order valence-corrected chi connectivity index (χ1v) is 6.58. The number of nitrogens with one attached hydrogen (secondary N) is 1. The summed E-state index contributed by atoms with van der Waals surface area (Å²) in [5.41, 5.74) is 2.85. The van der Waals surface area contributed by atoms with E-state index in [1.54, 1.807) is 0 Å². The minimum absolute atomic E-state index is 0.138. The summed E-state index contributed by atoms with van der Waals surface area (Å²) in [6.45, 7) is 0. The lowest BCUT2D eigenvalue weighted by atomic mass is 9.91. The van der Waals surface area contributed by atoms with Gasteiger partial charge in [-0.3, -0.25) is 4.79 Å². The van der Waals surface area contributed by atoms with E-state index in [9.17, 15) is 4.79 Å². The summed E-state index contributed by atoms with van der Waals surface area (Å²) in [4.78, 5) is 12.0. The van der Waals surface area contributed by atoms with Crippen LogP contribution in [0.25, 0.3) is 0 Å². The normalized spacial score (nSPS) is 19.5. The second-order valence-electron chi connectivity index (χ2n) is 5.34. The van der Waals surface area contributed by atoms with Gasteiger partial charge in [0.1, 0.15) is 5.41 Å². The first-order chi connectivity index (χ1) is 8.73. The molecule has 1 fully saturated rings. The van der Waals surface area contributed by atoms with E-state index in [-0.39, 0.29) is 5.91 Å². The van der Waals surface area contributed by atoms with Crippen LogP contribution >= 0.6 is 0 Å². The molecule has 18 heavy (non-hydrogen) atoms. The van der Waals surface area contributed by atoms with Crippen LogP contribution in [0.3, 0.4) is 0 Å². The first-order valence-electron chi connectivity index (χ1n) is 6.58. The van der Waals surface area contributed by atoms with Crippen LogP contribution in [0.5, 0.6) is 0 Å². The Kier molecular flexibility index (Phi) is 2.59. The number of carbonyl (C=O) groups excluding carboxylic acids is 1. The molecule has 92 valence electrons. The average Bonchev–Trinajstić information content (AvgIpc) is 3.19. The fraction of sp³-hybridized carbons (Fsp3) is 0.467. The molecule has 3 nitrogen and oxygen atoms in total. The topological polar surface area (TPSA) is 52.9 Å². The Morgan fingerprint density at radius 3 is 2.61 bits per heavy atom. The highest BCUT2D eigenvalue weighted by molar-refractivity contribution is 5.99. The van der Waals surface area contributed by atoms with Gasteiger partial charge in [0, 0.05) is 5.69 Å². The molecule has 0 heterocycles. The van der Waals surface area contributed by atoms with Crippen LogP contribution in [0, 0.1) is 16.7 Å². The number of nitriles is 1. The Morgan fingerprint density at radius 2 is 1.94 bits per heavy atom. The molecule has 0 saturated heterocycles. The summed E-state index contributed by atoms with van der Waals surface area (Å²) in [5.74, 6) is -0.138. The zero-order valence-corrected chi connectivity index (χ0v) is 10.3. The smallest absolute Gasteiger partial charge is 0.244 e. The van der Waals surface area contributed by atoms with Crippen LogP contribution in [0.2, 0.25) is 0 Å². The molecular weight excluding hydrogens is 224 g/mol. The van der Waals surface area contributed by atoms with Gasteiger partial charge in [0.05, 0.1) is 6.07 Å². The molecule has 3 rings (SSSR count). The molecule has 0 aromatic heterocycles. The predicted molar refractivity (Wildman–Crippen MR) is 69.0 cm³/mol. The Labute approximate surface area is 107 Å². The standard InChI is InChI=1S/C15H16N2O/c16-10-15(7-8-15)14(18)17-13-6-5-11-3-1-2-4-12(11)9-13/h5-6,9H,1-4,7-8H2,(H,17,18). The van der Waals surface area contributed by atoms with Gasteiger partial charge in [-0.05, 0) is 61.8 Å². The maximum atomic E-state index is 12.0. The lowest BCUT2D eigenvalue weighted by Crippen LogP contribution is -2.22. The monoisotopic (exact) mass is 240 g/mol. The van der Waals surface area contributed by atoms with Crippen LogP contribution in [0.4, 0.5) is 5.69 Å². The van der Waals surface area contributed by atoms with Crippen LogP contribution in [0.1, 0.15) is 36.8 Å². The van der Waals surface area contributed by atoms with E-state index in [4.69, 9.17) is 5.26 Å². The molecule has 0 atom stereocenters. The van der Waals surface area contributed by atoms with E-state index in [0.29, 0.717) is 12.8 Å². The zero-order valence-electron chi connectivity index (χ0n) is 10.3. The number of nitrogens with zero attached hydrogens (tertiary/aromatic N) is 1. The first kappa shape index (κ1) is 11.3. The second-order valence-corrected chi connectivity index (χ2v) is 5.34. The molecule has 1 aromatic carbocycles. The predicted octanol–water partition coefficient (Wildman–Crippen LogP) is 2.81. The summed E-state index contributed by atoms with van der Waals surface area (Å²) < 4.78 is 0. The molecule has 1 amide bonds. The van der Waals surface area contributed by atoms with Gasteiger partial charge in [-0.1, -0.05) is 6.07 Å². The summed E-state index contributed by atoms with van der Waals surface area (Å²) in [7, 11) is 0. The fourth-order valence-electron chi connectivity index (χ4n) is 2.58. The molecule has 1 aromatic rings. The van der Waals surface area contributed by atoms with E-state index in [0.717, 1.165) is 18.5 Å². The molecule has 2 aliphatic rings. The maximum Gasteiger partial charge on any atom is 0.244 e. The lowest BCUT2D eigenvalue weighted by Gasteiger charge is -2.17. The highest BCUT2D eigenvalue weighted by atomic mass is 16.2. The Morgan fingerprint density at radius 1 is 1.22 bits per heavy atom. The highest BCUT2D eigenvalue weighted by Gasteiger charge is 2.50. The molecule has 0 radical (unpaired) electrons. The van der Waals surface area contributed by atoms with Crippen molar-refractivity contribution in [1.82, 2.24) is 0 Å². The molecule has 3 heteroatoms. The highest BCUT2D eigenvalue weighted by Crippen LogP contribution is 2.45. The number of rotatable bonds is 2. The second kappa shape index (κ2) is 4.13. The molecule has 0 aliphatic heterocycles. The fourth-order valence-corrected chi connectivity index (χ4v) is 2.58. The van der Waals surface area contributed by atoms with Gasteiger partial charge in [-0.2, -0.15) is 5.26 Å². The lowest BCUT2D eigenvalue weighted by molar-refractivity contribution is -0.119. The Balaban J connectivity index is 1.78. The van der Waals surface area contributed by atoms with Crippen LogP contribution in [0.15, 0.2) is 18.2 Å². The molecular formula is C15H16N2O. The van der Waals surface area contributed by atoms with Crippen LogP contribution in [-0.4, -0.2) is 5.91 Å². The third-order valence-electron chi connectivity index (χ3n) is 4.01. The van der Waals surface area contributed by atoms with Crippen molar-refractivity contribution >= 4 is 11.6 Å². The minimum Gasteiger partial charge on any atom is -0.325 e. The van der Waals surface area contributed by atoms with Crippen molar-refractivity contribution in [3.63, 3.8) is 0 Å². The van der Waals surface area contributed by atoms with E-state index < -0.39 is 5.41 Å². The van der Waals surface area contributed by atoms with Crippen molar-refractivity contribution in [2.24, 2.45) is 5.41 Å². The van der Waals surface area contributed by atoms with Gasteiger partial charge in [0.25, 0.3) is 0 Å². The number of amides is 1. The molecule has 1 N–H and O–H groups in total. The van der Waals surface area contributed by atoms with Crippen LogP contribution < -0.4 is 5.32 Å². The van der Waals surface area contributed by atoms with E-state index in [1.165, 1.54) is 24.0 Å². The van der Waals surface area contributed by atoms with E-state index >= 15 is 0 Å². The summed E-state index contributed by atoms with van der Waals surface area (Å²) in [6.07, 6.45) is 6.12. The van der Waals surface area contributed by atoms with Gasteiger partial charge in [-0.25, -0.2) is 0 Å². The molecule has 0 unspecified atom stereocenters. The Bertz CT molecular complexity index is 538. The van der Waals surface area contributed by atoms with Gasteiger partial charge in [-0.15, -0.1) is 0 Å². The zero-order chi connectivity index (χ0) is 12.6. The van der Waals surface area contributed by atoms with Crippen molar-refractivity contribution in [3.8, 4) is 6.07 Å². The van der Waals surface area contributed by atoms with Crippen molar-refractivity contribution in [1.29, 1.82) is 5.26 Å².